The average Bonchev–Trinajstić information content (AvgIpc) is 2.19. The third-order valence-electron chi connectivity index (χ3n) is 1.51. The van der Waals surface area contributed by atoms with E-state index in [1.807, 2.05) is 42.5 Å². The third-order valence-corrected chi connectivity index (χ3v) is 1.51. The lowest BCUT2D eigenvalue weighted by Crippen LogP contribution is -1.85. The molecule has 0 aliphatic heterocycles. The highest BCUT2D eigenvalue weighted by atomic mass is 16.3. The van der Waals surface area contributed by atoms with Gasteiger partial charge in [-0.15, -0.1) is 0 Å². The highest BCUT2D eigenvalue weighted by Crippen LogP contribution is 1.99. The van der Waals surface area contributed by atoms with Crippen LogP contribution in [0.4, 0.5) is 0 Å². The molecule has 1 aromatic rings. The van der Waals surface area contributed by atoms with Gasteiger partial charge in [0.15, 0.2) is 0 Å². The monoisotopic (exact) mass is 175 g/mol. The largest absolute Gasteiger partial charge is 0.394 e. The first-order valence-electron chi connectivity index (χ1n) is 4.26. The lowest BCUT2D eigenvalue weighted by molar-refractivity contribution is 0.307. The number of allylic oxidation sites excluding steroid dienone is 1. The molecule has 2 heteroatoms. The van der Waals surface area contributed by atoms with Crippen molar-refractivity contribution in [3.8, 4) is 0 Å². The highest BCUT2D eigenvalue weighted by molar-refractivity contribution is 5.78. The normalized spacial score (nSPS) is 11.5. The van der Waals surface area contributed by atoms with Crippen molar-refractivity contribution in [1.82, 2.24) is 0 Å². The summed E-state index contributed by atoms with van der Waals surface area (Å²) < 4.78 is 0. The van der Waals surface area contributed by atoms with Crippen LogP contribution in [0.1, 0.15) is 5.56 Å². The van der Waals surface area contributed by atoms with Crippen molar-refractivity contribution in [3.63, 3.8) is 0 Å². The van der Waals surface area contributed by atoms with Gasteiger partial charge in [-0.25, -0.2) is 0 Å². The van der Waals surface area contributed by atoms with Gasteiger partial charge in [-0.2, -0.15) is 0 Å². The lowest BCUT2D eigenvalue weighted by atomic mass is 10.2. The second-order valence-electron chi connectivity index (χ2n) is 2.55. The van der Waals surface area contributed by atoms with Crippen molar-refractivity contribution in [2.45, 2.75) is 0 Å². The Balaban J connectivity index is 2.41. The number of nitrogens with zero attached hydrogens (tertiary/aromatic N) is 1. The van der Waals surface area contributed by atoms with E-state index in [1.165, 1.54) is 0 Å². The molecule has 0 aromatic heterocycles. The van der Waals surface area contributed by atoms with Gasteiger partial charge in [-0.05, 0) is 11.6 Å². The summed E-state index contributed by atoms with van der Waals surface area (Å²) in [7, 11) is 0. The zero-order valence-corrected chi connectivity index (χ0v) is 7.43. The van der Waals surface area contributed by atoms with Gasteiger partial charge in [0, 0.05) is 6.21 Å². The van der Waals surface area contributed by atoms with Crippen LogP contribution < -0.4 is 0 Å². The summed E-state index contributed by atoms with van der Waals surface area (Å²) in [6, 6.07) is 10.0. The number of hydrogen-bond acceptors (Lipinski definition) is 2. The molecule has 0 radical (unpaired) electrons. The van der Waals surface area contributed by atoms with Crippen LogP contribution in [0, 0.1) is 0 Å². The van der Waals surface area contributed by atoms with E-state index in [0.717, 1.165) is 5.56 Å². The van der Waals surface area contributed by atoms with Crippen LogP contribution in [-0.4, -0.2) is 24.5 Å². The van der Waals surface area contributed by atoms with Gasteiger partial charge >= 0.3 is 0 Å². The molecule has 0 unspecified atom stereocenters. The van der Waals surface area contributed by atoms with E-state index in [0.29, 0.717) is 6.54 Å². The molecule has 1 N–H and O–H groups in total. The predicted octanol–water partition coefficient (Wildman–Crippen LogP) is 1.76. The minimum atomic E-state index is 0.107. The lowest BCUT2D eigenvalue weighted by Gasteiger charge is -1.88. The van der Waals surface area contributed by atoms with Crippen molar-refractivity contribution in [1.29, 1.82) is 0 Å². The Morgan fingerprint density at radius 1 is 1.23 bits per heavy atom. The molecule has 2 nitrogen and oxygen atoms in total. The molecule has 0 aliphatic carbocycles. The SMILES string of the molecule is OCCN=C/C=C/c1ccccc1. The fraction of sp³-hybridized carbons (Fsp3) is 0.182. The van der Waals surface area contributed by atoms with Crippen LogP contribution in [0.5, 0.6) is 0 Å². The van der Waals surface area contributed by atoms with Crippen molar-refractivity contribution in [2.75, 3.05) is 13.2 Å². The summed E-state index contributed by atoms with van der Waals surface area (Å²) in [4.78, 5) is 3.94. The average molecular weight is 175 g/mol. The molecule has 0 atom stereocenters. The summed E-state index contributed by atoms with van der Waals surface area (Å²) >= 11 is 0. The fourth-order valence-corrected chi connectivity index (χ4v) is 0.911. The minimum absolute atomic E-state index is 0.107. The van der Waals surface area contributed by atoms with Gasteiger partial charge in [-0.3, -0.25) is 4.99 Å². The number of aliphatic imine (C=N–C) groups is 1. The zero-order chi connectivity index (χ0) is 9.36. The topological polar surface area (TPSA) is 32.6 Å². The van der Waals surface area contributed by atoms with Crippen LogP contribution in [0.3, 0.4) is 0 Å². The predicted molar refractivity (Wildman–Crippen MR) is 55.9 cm³/mol. The summed E-state index contributed by atoms with van der Waals surface area (Å²) in [5.41, 5.74) is 1.15. The van der Waals surface area contributed by atoms with E-state index in [4.69, 9.17) is 5.11 Å². The molecular weight excluding hydrogens is 162 g/mol. The maximum atomic E-state index is 8.44. The Labute approximate surface area is 78.3 Å². The van der Waals surface area contributed by atoms with Crippen molar-refractivity contribution >= 4 is 12.3 Å². The van der Waals surface area contributed by atoms with Gasteiger partial charge in [0.25, 0.3) is 0 Å². The highest BCUT2D eigenvalue weighted by Gasteiger charge is 1.79. The van der Waals surface area contributed by atoms with Crippen LogP contribution in [0.25, 0.3) is 6.08 Å². The summed E-state index contributed by atoms with van der Waals surface area (Å²) in [6.07, 6.45) is 5.54. The molecule has 1 rings (SSSR count). The van der Waals surface area contributed by atoms with E-state index in [9.17, 15) is 0 Å². The molecular formula is C11H13NO. The Morgan fingerprint density at radius 2 is 2.00 bits per heavy atom. The van der Waals surface area contributed by atoms with E-state index in [-0.39, 0.29) is 6.61 Å². The number of benzene rings is 1. The maximum Gasteiger partial charge on any atom is 0.0626 e. The smallest absolute Gasteiger partial charge is 0.0626 e. The number of aliphatic hydroxyl groups is 1. The second-order valence-corrected chi connectivity index (χ2v) is 2.55. The van der Waals surface area contributed by atoms with E-state index < -0.39 is 0 Å². The second kappa shape index (κ2) is 6.14. The Hall–Kier alpha value is -1.41. The molecule has 68 valence electrons. The van der Waals surface area contributed by atoms with Gasteiger partial charge < -0.3 is 5.11 Å². The first-order chi connectivity index (χ1) is 6.43. The molecule has 1 aromatic carbocycles. The van der Waals surface area contributed by atoms with Crippen LogP contribution in [-0.2, 0) is 0 Å². The number of hydrogen-bond donors (Lipinski definition) is 1. The van der Waals surface area contributed by atoms with Crippen molar-refractivity contribution in [2.24, 2.45) is 4.99 Å². The van der Waals surface area contributed by atoms with E-state index in [2.05, 4.69) is 4.99 Å². The molecule has 0 fully saturated rings. The van der Waals surface area contributed by atoms with Crippen LogP contribution >= 0.6 is 0 Å². The maximum absolute atomic E-state index is 8.44. The van der Waals surface area contributed by atoms with Crippen molar-refractivity contribution in [3.05, 3.63) is 42.0 Å². The Morgan fingerprint density at radius 3 is 2.69 bits per heavy atom. The van der Waals surface area contributed by atoms with E-state index in [1.54, 1.807) is 6.21 Å². The Bertz CT molecular complexity index is 277. The number of aliphatic hydroxyl groups excluding tert-OH is 1. The first-order valence-corrected chi connectivity index (χ1v) is 4.26. The molecule has 0 bridgehead atoms. The minimum Gasteiger partial charge on any atom is -0.394 e. The van der Waals surface area contributed by atoms with Crippen LogP contribution in [0.2, 0.25) is 0 Å². The zero-order valence-electron chi connectivity index (χ0n) is 7.43. The molecule has 0 spiro atoms. The van der Waals surface area contributed by atoms with Gasteiger partial charge in [0.2, 0.25) is 0 Å². The quantitative estimate of drug-likeness (QED) is 0.695. The standard InChI is InChI=1S/C11H13NO/c13-10-9-12-8-4-7-11-5-2-1-3-6-11/h1-8,13H,9-10H2/b7-4+,12-8?. The fourth-order valence-electron chi connectivity index (χ4n) is 0.911. The molecule has 0 aliphatic rings. The summed E-state index contributed by atoms with van der Waals surface area (Å²) in [6.45, 7) is 0.578. The first kappa shape index (κ1) is 9.68. The molecule has 13 heavy (non-hydrogen) atoms. The molecule has 0 saturated carbocycles. The molecule has 0 heterocycles. The summed E-state index contributed by atoms with van der Waals surface area (Å²) in [5, 5.41) is 8.44. The number of rotatable bonds is 4. The molecule has 0 amide bonds. The third kappa shape index (κ3) is 4.23. The molecule has 0 saturated heterocycles. The summed E-state index contributed by atoms with van der Waals surface area (Å²) in [5.74, 6) is 0. The van der Waals surface area contributed by atoms with Crippen molar-refractivity contribution < 1.29 is 5.11 Å². The van der Waals surface area contributed by atoms with Gasteiger partial charge in [0.1, 0.15) is 0 Å². The van der Waals surface area contributed by atoms with Gasteiger partial charge in [-0.1, -0.05) is 36.4 Å². The van der Waals surface area contributed by atoms with Crippen LogP contribution in [0.15, 0.2) is 41.4 Å². The van der Waals surface area contributed by atoms with E-state index >= 15 is 0 Å². The Kier molecular flexibility index (Phi) is 4.57. The van der Waals surface area contributed by atoms with Gasteiger partial charge in [0.05, 0.1) is 13.2 Å².